The van der Waals surface area contributed by atoms with Gasteiger partial charge < -0.3 is 15.0 Å². The number of rotatable bonds is 10. The molecular weight excluding hydrogens is 412 g/mol. The van der Waals surface area contributed by atoms with E-state index in [2.05, 4.69) is 5.32 Å². The van der Waals surface area contributed by atoms with Crippen LogP contribution in [0.4, 0.5) is 0 Å². The van der Waals surface area contributed by atoms with Crippen LogP contribution in [0, 0.1) is 13.8 Å². The number of ether oxygens (including phenoxy) is 1. The molecule has 0 spiro atoms. The zero-order valence-electron chi connectivity index (χ0n) is 19.6. The highest BCUT2D eigenvalue weighted by Crippen LogP contribution is 2.18. The number of nitrogens with zero attached hydrogens (tertiary/aromatic N) is 1. The molecule has 0 bridgehead atoms. The van der Waals surface area contributed by atoms with Gasteiger partial charge in [0.25, 0.3) is 5.91 Å². The van der Waals surface area contributed by atoms with Gasteiger partial charge in [0.15, 0.2) is 6.61 Å². The van der Waals surface area contributed by atoms with Crippen molar-refractivity contribution < 1.29 is 14.3 Å². The largest absolute Gasteiger partial charge is 0.484 e. The van der Waals surface area contributed by atoms with E-state index in [0.29, 0.717) is 25.3 Å². The zero-order chi connectivity index (χ0) is 23.6. The summed E-state index contributed by atoms with van der Waals surface area (Å²) in [7, 11) is 0. The van der Waals surface area contributed by atoms with E-state index in [4.69, 9.17) is 4.74 Å². The van der Waals surface area contributed by atoms with Crippen molar-refractivity contribution in [3.63, 3.8) is 0 Å². The molecule has 0 saturated carbocycles. The average Bonchev–Trinajstić information content (AvgIpc) is 2.82. The summed E-state index contributed by atoms with van der Waals surface area (Å²) >= 11 is 0. The summed E-state index contributed by atoms with van der Waals surface area (Å²) in [6, 6.07) is 24.7. The standard InChI is InChI=1S/C28H32N2O3/c1-4-29-28(32)25(18-23-11-6-5-7-12-23)30(19-24-16-14-21(2)15-17-24)27(31)20-33-26-13-9-8-10-22(26)3/h5-17,25H,4,18-20H2,1-3H3,(H,29,32)/t25-/m1/s1. The van der Waals surface area contributed by atoms with Gasteiger partial charge in [-0.3, -0.25) is 9.59 Å². The van der Waals surface area contributed by atoms with E-state index < -0.39 is 6.04 Å². The summed E-state index contributed by atoms with van der Waals surface area (Å²) in [5.41, 5.74) is 4.06. The summed E-state index contributed by atoms with van der Waals surface area (Å²) in [6.07, 6.45) is 0.425. The molecule has 0 saturated heterocycles. The van der Waals surface area contributed by atoms with Gasteiger partial charge in [-0.25, -0.2) is 0 Å². The molecule has 0 aliphatic rings. The fourth-order valence-corrected chi connectivity index (χ4v) is 3.68. The van der Waals surface area contributed by atoms with E-state index in [1.807, 2.05) is 99.6 Å². The van der Waals surface area contributed by atoms with E-state index in [0.717, 1.165) is 22.3 Å². The highest BCUT2D eigenvalue weighted by molar-refractivity contribution is 5.88. The number of hydrogen-bond donors (Lipinski definition) is 1. The first-order valence-corrected chi connectivity index (χ1v) is 11.3. The normalized spacial score (nSPS) is 11.5. The Morgan fingerprint density at radius 2 is 1.55 bits per heavy atom. The molecule has 0 aliphatic heterocycles. The minimum atomic E-state index is -0.651. The topological polar surface area (TPSA) is 58.6 Å². The van der Waals surface area contributed by atoms with Crippen LogP contribution in [0.15, 0.2) is 78.9 Å². The fourth-order valence-electron chi connectivity index (χ4n) is 3.68. The third-order valence-corrected chi connectivity index (χ3v) is 5.54. The van der Waals surface area contributed by atoms with Crippen molar-refractivity contribution in [2.24, 2.45) is 0 Å². The quantitative estimate of drug-likeness (QED) is 0.502. The van der Waals surface area contributed by atoms with Gasteiger partial charge in [0.05, 0.1) is 0 Å². The number of para-hydroxylation sites is 1. The SMILES string of the molecule is CCNC(=O)[C@@H](Cc1ccccc1)N(Cc1ccc(C)cc1)C(=O)COc1ccccc1C. The lowest BCUT2D eigenvalue weighted by molar-refractivity contribution is -0.142. The van der Waals surface area contributed by atoms with E-state index in [1.54, 1.807) is 4.90 Å². The molecule has 3 aromatic rings. The Morgan fingerprint density at radius 1 is 0.879 bits per heavy atom. The molecule has 1 N–H and O–H groups in total. The van der Waals surface area contributed by atoms with Crippen LogP contribution in [0.1, 0.15) is 29.2 Å². The molecule has 3 rings (SSSR count). The van der Waals surface area contributed by atoms with Crippen molar-refractivity contribution in [1.82, 2.24) is 10.2 Å². The van der Waals surface area contributed by atoms with Gasteiger partial charge in [0.1, 0.15) is 11.8 Å². The molecule has 5 nitrogen and oxygen atoms in total. The molecule has 33 heavy (non-hydrogen) atoms. The first-order valence-electron chi connectivity index (χ1n) is 11.3. The van der Waals surface area contributed by atoms with Crippen LogP contribution in [-0.2, 0) is 22.6 Å². The van der Waals surface area contributed by atoms with Crippen LogP contribution < -0.4 is 10.1 Å². The van der Waals surface area contributed by atoms with Crippen molar-refractivity contribution in [1.29, 1.82) is 0 Å². The predicted molar refractivity (Wildman–Crippen MR) is 131 cm³/mol. The van der Waals surface area contributed by atoms with E-state index in [9.17, 15) is 9.59 Å². The molecule has 3 aromatic carbocycles. The number of amides is 2. The Bertz CT molecular complexity index is 1050. The second-order valence-electron chi connectivity index (χ2n) is 8.16. The number of aryl methyl sites for hydroxylation is 2. The number of nitrogens with one attached hydrogen (secondary N) is 1. The first kappa shape index (κ1) is 24.1. The number of benzene rings is 3. The maximum absolute atomic E-state index is 13.5. The maximum Gasteiger partial charge on any atom is 0.261 e. The highest BCUT2D eigenvalue weighted by atomic mass is 16.5. The van der Waals surface area contributed by atoms with Crippen molar-refractivity contribution in [3.8, 4) is 5.75 Å². The highest BCUT2D eigenvalue weighted by Gasteiger charge is 2.30. The van der Waals surface area contributed by atoms with Gasteiger partial charge >= 0.3 is 0 Å². The summed E-state index contributed by atoms with van der Waals surface area (Å²) in [5, 5.41) is 2.91. The molecule has 0 fully saturated rings. The average molecular weight is 445 g/mol. The molecular formula is C28H32N2O3. The van der Waals surface area contributed by atoms with Crippen LogP contribution in [0.3, 0.4) is 0 Å². The summed E-state index contributed by atoms with van der Waals surface area (Å²) in [4.78, 5) is 28.2. The second kappa shape index (κ2) is 11.9. The number of carbonyl (C=O) groups is 2. The van der Waals surface area contributed by atoms with Crippen molar-refractivity contribution in [3.05, 3.63) is 101 Å². The summed E-state index contributed by atoms with van der Waals surface area (Å²) in [5.74, 6) is 0.266. The zero-order valence-corrected chi connectivity index (χ0v) is 19.6. The lowest BCUT2D eigenvalue weighted by atomic mass is 10.0. The smallest absolute Gasteiger partial charge is 0.261 e. The van der Waals surface area contributed by atoms with Crippen molar-refractivity contribution >= 4 is 11.8 Å². The van der Waals surface area contributed by atoms with E-state index in [-0.39, 0.29) is 18.4 Å². The Labute approximate surface area is 196 Å². The lowest BCUT2D eigenvalue weighted by Gasteiger charge is -2.31. The molecule has 0 radical (unpaired) electrons. The van der Waals surface area contributed by atoms with Gasteiger partial charge in [0.2, 0.25) is 5.91 Å². The Balaban J connectivity index is 1.89. The summed E-state index contributed by atoms with van der Waals surface area (Å²) < 4.78 is 5.85. The van der Waals surface area contributed by atoms with Crippen LogP contribution in [0.25, 0.3) is 0 Å². The van der Waals surface area contributed by atoms with Gasteiger partial charge in [-0.05, 0) is 43.5 Å². The summed E-state index contributed by atoms with van der Waals surface area (Å²) in [6.45, 7) is 6.53. The van der Waals surface area contributed by atoms with Crippen LogP contribution >= 0.6 is 0 Å². The van der Waals surface area contributed by atoms with Gasteiger partial charge in [-0.15, -0.1) is 0 Å². The Kier molecular flexibility index (Phi) is 8.64. The lowest BCUT2D eigenvalue weighted by Crippen LogP contribution is -2.51. The van der Waals surface area contributed by atoms with E-state index in [1.165, 1.54) is 0 Å². The first-order chi connectivity index (χ1) is 16.0. The van der Waals surface area contributed by atoms with Crippen molar-refractivity contribution in [2.45, 2.75) is 39.8 Å². The molecule has 2 amide bonds. The van der Waals surface area contributed by atoms with Gasteiger partial charge in [-0.1, -0.05) is 78.4 Å². The van der Waals surface area contributed by atoms with Crippen LogP contribution in [-0.4, -0.2) is 35.9 Å². The van der Waals surface area contributed by atoms with Crippen molar-refractivity contribution in [2.75, 3.05) is 13.2 Å². The predicted octanol–water partition coefficient (Wildman–Crippen LogP) is 4.46. The molecule has 0 unspecified atom stereocenters. The minimum absolute atomic E-state index is 0.137. The monoisotopic (exact) mass is 444 g/mol. The van der Waals surface area contributed by atoms with Crippen LogP contribution in [0.2, 0.25) is 0 Å². The molecule has 5 heteroatoms. The number of likely N-dealkylation sites (N-methyl/N-ethyl adjacent to an activating group) is 1. The van der Waals surface area contributed by atoms with Gasteiger partial charge in [-0.2, -0.15) is 0 Å². The second-order valence-corrected chi connectivity index (χ2v) is 8.16. The maximum atomic E-state index is 13.5. The van der Waals surface area contributed by atoms with Crippen LogP contribution in [0.5, 0.6) is 5.75 Å². The molecule has 172 valence electrons. The fraction of sp³-hybridized carbons (Fsp3) is 0.286. The van der Waals surface area contributed by atoms with Gasteiger partial charge in [0, 0.05) is 19.5 Å². The third kappa shape index (κ3) is 6.94. The minimum Gasteiger partial charge on any atom is -0.484 e. The molecule has 0 aromatic heterocycles. The molecule has 0 aliphatic carbocycles. The number of hydrogen-bond acceptors (Lipinski definition) is 3. The Morgan fingerprint density at radius 3 is 2.21 bits per heavy atom. The molecule has 0 heterocycles. The number of carbonyl (C=O) groups excluding carboxylic acids is 2. The Hall–Kier alpha value is -3.60. The molecule has 1 atom stereocenters. The third-order valence-electron chi connectivity index (χ3n) is 5.54. The van der Waals surface area contributed by atoms with E-state index >= 15 is 0 Å².